The SMILES string of the molecule is Cc1cnc(NC(=O)c2ccc(C)c(S(=O)(=O)NCc3ccccc3)c2)s1. The molecule has 0 aliphatic carbocycles. The summed E-state index contributed by atoms with van der Waals surface area (Å²) in [7, 11) is -3.76. The van der Waals surface area contributed by atoms with E-state index in [9.17, 15) is 13.2 Å². The van der Waals surface area contributed by atoms with Gasteiger partial charge in [0.2, 0.25) is 10.0 Å². The lowest BCUT2D eigenvalue weighted by atomic mass is 10.1. The van der Waals surface area contributed by atoms with Crippen molar-refractivity contribution in [1.29, 1.82) is 0 Å². The van der Waals surface area contributed by atoms with Gasteiger partial charge in [0.25, 0.3) is 5.91 Å². The standard InChI is InChI=1S/C19H19N3O3S2/c1-13-8-9-16(18(23)22-19-20-11-14(2)26-19)10-17(13)27(24,25)21-12-15-6-4-3-5-7-15/h3-11,21H,12H2,1-2H3,(H,20,22,23). The van der Waals surface area contributed by atoms with Crippen LogP contribution in [0.2, 0.25) is 0 Å². The Labute approximate surface area is 162 Å². The van der Waals surface area contributed by atoms with E-state index >= 15 is 0 Å². The smallest absolute Gasteiger partial charge is 0.257 e. The van der Waals surface area contributed by atoms with Gasteiger partial charge in [0.15, 0.2) is 5.13 Å². The number of aryl methyl sites for hydroxylation is 2. The average Bonchev–Trinajstić information content (AvgIpc) is 3.06. The number of aromatic nitrogens is 1. The molecule has 0 aliphatic rings. The highest BCUT2D eigenvalue weighted by Gasteiger charge is 2.19. The van der Waals surface area contributed by atoms with Gasteiger partial charge < -0.3 is 0 Å². The highest BCUT2D eigenvalue weighted by atomic mass is 32.2. The number of hydrogen-bond acceptors (Lipinski definition) is 5. The maximum Gasteiger partial charge on any atom is 0.257 e. The van der Waals surface area contributed by atoms with Gasteiger partial charge >= 0.3 is 0 Å². The first-order valence-corrected chi connectivity index (χ1v) is 10.5. The minimum absolute atomic E-state index is 0.0846. The Bertz CT molecular complexity index is 1060. The topological polar surface area (TPSA) is 88.2 Å². The Hall–Kier alpha value is -2.55. The molecule has 1 aromatic heterocycles. The third-order valence-electron chi connectivity index (χ3n) is 3.89. The number of nitrogens with zero attached hydrogens (tertiary/aromatic N) is 1. The number of rotatable bonds is 6. The Morgan fingerprint density at radius 1 is 1.11 bits per heavy atom. The summed E-state index contributed by atoms with van der Waals surface area (Å²) in [5.74, 6) is -0.399. The molecule has 3 aromatic rings. The Morgan fingerprint density at radius 3 is 2.52 bits per heavy atom. The molecule has 2 aromatic carbocycles. The molecule has 6 nitrogen and oxygen atoms in total. The van der Waals surface area contributed by atoms with E-state index in [1.165, 1.54) is 17.4 Å². The second-order valence-corrected chi connectivity index (χ2v) is 8.99. The van der Waals surface area contributed by atoms with Crippen LogP contribution in [0.5, 0.6) is 0 Å². The minimum atomic E-state index is -3.76. The molecule has 0 saturated carbocycles. The zero-order valence-electron chi connectivity index (χ0n) is 14.9. The van der Waals surface area contributed by atoms with Gasteiger partial charge in [-0.1, -0.05) is 36.4 Å². The summed E-state index contributed by atoms with van der Waals surface area (Å²) >= 11 is 1.36. The number of benzene rings is 2. The van der Waals surface area contributed by atoms with Crippen LogP contribution in [0.3, 0.4) is 0 Å². The van der Waals surface area contributed by atoms with Gasteiger partial charge in [0, 0.05) is 23.2 Å². The first-order chi connectivity index (χ1) is 12.8. The van der Waals surface area contributed by atoms with Crippen molar-refractivity contribution in [3.8, 4) is 0 Å². The number of anilines is 1. The van der Waals surface area contributed by atoms with Crippen molar-refractivity contribution in [1.82, 2.24) is 9.71 Å². The molecule has 27 heavy (non-hydrogen) atoms. The van der Waals surface area contributed by atoms with Gasteiger partial charge in [-0.3, -0.25) is 10.1 Å². The number of carbonyl (C=O) groups is 1. The molecule has 0 saturated heterocycles. The highest BCUT2D eigenvalue weighted by Crippen LogP contribution is 2.20. The number of hydrogen-bond donors (Lipinski definition) is 2. The van der Waals surface area contributed by atoms with E-state index in [1.807, 2.05) is 37.3 Å². The van der Waals surface area contributed by atoms with Crippen LogP contribution in [0.25, 0.3) is 0 Å². The van der Waals surface area contributed by atoms with Crippen LogP contribution in [-0.4, -0.2) is 19.3 Å². The van der Waals surface area contributed by atoms with E-state index in [4.69, 9.17) is 0 Å². The van der Waals surface area contributed by atoms with Gasteiger partial charge in [-0.15, -0.1) is 11.3 Å². The molecule has 0 unspecified atom stereocenters. The quantitative estimate of drug-likeness (QED) is 0.662. The van der Waals surface area contributed by atoms with Crippen molar-refractivity contribution in [3.05, 3.63) is 76.3 Å². The summed E-state index contributed by atoms with van der Waals surface area (Å²) in [6.45, 7) is 3.77. The fraction of sp³-hybridized carbons (Fsp3) is 0.158. The van der Waals surface area contributed by atoms with Gasteiger partial charge in [-0.25, -0.2) is 18.1 Å². The Morgan fingerprint density at radius 2 is 1.85 bits per heavy atom. The summed E-state index contributed by atoms with van der Waals surface area (Å²) in [4.78, 5) is 17.6. The van der Waals surface area contributed by atoms with Crippen LogP contribution in [-0.2, 0) is 16.6 Å². The number of amides is 1. The molecule has 0 spiro atoms. The molecule has 1 heterocycles. The van der Waals surface area contributed by atoms with Crippen LogP contribution in [0.15, 0.2) is 59.6 Å². The van der Waals surface area contributed by atoms with Crippen molar-refractivity contribution >= 4 is 32.4 Å². The van der Waals surface area contributed by atoms with Crippen molar-refractivity contribution in [3.63, 3.8) is 0 Å². The van der Waals surface area contributed by atoms with Crippen LogP contribution in [0, 0.1) is 13.8 Å². The van der Waals surface area contributed by atoms with Crippen molar-refractivity contribution in [2.75, 3.05) is 5.32 Å². The fourth-order valence-electron chi connectivity index (χ4n) is 2.46. The third kappa shape index (κ3) is 4.79. The molecule has 0 fully saturated rings. The van der Waals surface area contributed by atoms with Crippen LogP contribution in [0.1, 0.15) is 26.4 Å². The second kappa shape index (κ2) is 7.99. The van der Waals surface area contributed by atoms with E-state index in [-0.39, 0.29) is 17.0 Å². The molecular weight excluding hydrogens is 382 g/mol. The average molecular weight is 402 g/mol. The van der Waals surface area contributed by atoms with Crippen molar-refractivity contribution in [2.45, 2.75) is 25.3 Å². The van der Waals surface area contributed by atoms with Crippen molar-refractivity contribution < 1.29 is 13.2 Å². The van der Waals surface area contributed by atoms with E-state index in [1.54, 1.807) is 25.3 Å². The maximum absolute atomic E-state index is 12.7. The molecule has 0 bridgehead atoms. The number of nitrogens with one attached hydrogen (secondary N) is 2. The lowest BCUT2D eigenvalue weighted by Crippen LogP contribution is -2.24. The van der Waals surface area contributed by atoms with E-state index in [0.29, 0.717) is 10.7 Å². The van der Waals surface area contributed by atoms with Crippen LogP contribution >= 0.6 is 11.3 Å². The molecule has 140 valence electrons. The molecule has 8 heteroatoms. The summed E-state index contributed by atoms with van der Waals surface area (Å²) in [6, 6.07) is 13.9. The largest absolute Gasteiger partial charge is 0.298 e. The van der Waals surface area contributed by atoms with Crippen LogP contribution in [0.4, 0.5) is 5.13 Å². The van der Waals surface area contributed by atoms with Crippen molar-refractivity contribution in [2.24, 2.45) is 0 Å². The normalized spacial score (nSPS) is 11.3. The molecule has 3 rings (SSSR count). The predicted octanol–water partition coefficient (Wildman–Crippen LogP) is 3.49. The number of carbonyl (C=O) groups excluding carboxylic acids is 1. The minimum Gasteiger partial charge on any atom is -0.298 e. The zero-order chi connectivity index (χ0) is 19.4. The molecule has 1 amide bonds. The zero-order valence-corrected chi connectivity index (χ0v) is 16.5. The number of sulfonamides is 1. The lowest BCUT2D eigenvalue weighted by Gasteiger charge is -2.11. The predicted molar refractivity (Wildman–Crippen MR) is 106 cm³/mol. The summed E-state index contributed by atoms with van der Waals surface area (Å²) in [5, 5.41) is 3.16. The summed E-state index contributed by atoms with van der Waals surface area (Å²) < 4.78 is 28.0. The monoisotopic (exact) mass is 401 g/mol. The summed E-state index contributed by atoms with van der Waals surface area (Å²) in [6.07, 6.45) is 1.67. The first-order valence-electron chi connectivity index (χ1n) is 8.23. The van der Waals surface area contributed by atoms with Gasteiger partial charge in [0.1, 0.15) is 0 Å². The third-order valence-corrected chi connectivity index (χ3v) is 6.26. The maximum atomic E-state index is 12.7. The summed E-state index contributed by atoms with van der Waals surface area (Å²) in [5.41, 5.74) is 1.68. The Balaban J connectivity index is 1.80. The Kier molecular flexibility index (Phi) is 5.69. The van der Waals surface area contributed by atoms with E-state index in [2.05, 4.69) is 15.0 Å². The first kappa shape index (κ1) is 19.2. The van der Waals surface area contributed by atoms with Gasteiger partial charge in [-0.05, 0) is 37.1 Å². The van der Waals surface area contributed by atoms with E-state index in [0.717, 1.165) is 10.4 Å². The molecule has 0 atom stereocenters. The fourth-order valence-corrected chi connectivity index (χ4v) is 4.41. The number of thiazole rings is 1. The van der Waals surface area contributed by atoms with Gasteiger partial charge in [-0.2, -0.15) is 0 Å². The molecule has 0 radical (unpaired) electrons. The second-order valence-electron chi connectivity index (χ2n) is 6.02. The molecule has 2 N–H and O–H groups in total. The molecule has 0 aliphatic heterocycles. The molecular formula is C19H19N3O3S2. The van der Waals surface area contributed by atoms with Gasteiger partial charge in [0.05, 0.1) is 4.90 Å². The highest BCUT2D eigenvalue weighted by molar-refractivity contribution is 7.89. The lowest BCUT2D eigenvalue weighted by molar-refractivity contribution is 0.102. The van der Waals surface area contributed by atoms with E-state index < -0.39 is 15.9 Å². The van der Waals surface area contributed by atoms with Crippen LogP contribution < -0.4 is 10.0 Å².